The van der Waals surface area contributed by atoms with Crippen molar-refractivity contribution in [1.82, 2.24) is 0 Å². The van der Waals surface area contributed by atoms with Crippen molar-refractivity contribution in [3.8, 4) is 11.1 Å². The molecule has 0 aromatic heterocycles. The van der Waals surface area contributed by atoms with E-state index in [1.54, 1.807) is 37.2 Å². The molecule has 0 saturated heterocycles. The molecule has 1 heterocycles. The third kappa shape index (κ3) is 2.59. The van der Waals surface area contributed by atoms with E-state index in [0.29, 0.717) is 33.1 Å². The molecule has 3 nitrogen and oxygen atoms in total. The van der Waals surface area contributed by atoms with Crippen LogP contribution in [-0.2, 0) is 4.79 Å². The fourth-order valence-electron chi connectivity index (χ4n) is 2.76. The van der Waals surface area contributed by atoms with Crippen LogP contribution in [-0.4, -0.2) is 20.0 Å². The van der Waals surface area contributed by atoms with Crippen molar-refractivity contribution in [3.05, 3.63) is 52.8 Å². The molecule has 2 aromatic rings. The van der Waals surface area contributed by atoms with E-state index in [4.69, 9.17) is 11.6 Å². The molecule has 1 aliphatic rings. The topological polar surface area (TPSA) is 32.3 Å². The third-order valence-corrected chi connectivity index (χ3v) is 4.23. The maximum atomic E-state index is 14.2. The molecular formula is C18H16ClFN2O. The van der Waals surface area contributed by atoms with Gasteiger partial charge in [0.05, 0.1) is 16.4 Å². The van der Waals surface area contributed by atoms with Gasteiger partial charge in [-0.15, -0.1) is 0 Å². The van der Waals surface area contributed by atoms with Gasteiger partial charge in [-0.3, -0.25) is 4.79 Å². The predicted molar refractivity (Wildman–Crippen MR) is 93.5 cm³/mol. The highest BCUT2D eigenvalue weighted by atomic mass is 35.5. The Morgan fingerprint density at radius 2 is 1.91 bits per heavy atom. The fourth-order valence-corrected chi connectivity index (χ4v) is 3.03. The van der Waals surface area contributed by atoms with Gasteiger partial charge in [-0.05, 0) is 36.8 Å². The number of carbonyl (C=O) groups excluding carboxylic acids is 1. The molecule has 5 heteroatoms. The van der Waals surface area contributed by atoms with E-state index >= 15 is 0 Å². The Morgan fingerprint density at radius 1 is 1.17 bits per heavy atom. The van der Waals surface area contributed by atoms with Gasteiger partial charge in [0.25, 0.3) is 5.91 Å². The molecule has 0 bridgehead atoms. The van der Waals surface area contributed by atoms with Crippen molar-refractivity contribution >= 4 is 34.5 Å². The summed E-state index contributed by atoms with van der Waals surface area (Å²) in [5.41, 5.74) is 3.96. The van der Waals surface area contributed by atoms with Gasteiger partial charge in [0.1, 0.15) is 5.82 Å². The van der Waals surface area contributed by atoms with Crippen LogP contribution in [0.3, 0.4) is 0 Å². The van der Waals surface area contributed by atoms with Gasteiger partial charge in [-0.2, -0.15) is 0 Å². The number of halogens is 2. The molecule has 0 atom stereocenters. The van der Waals surface area contributed by atoms with Gasteiger partial charge in [0.15, 0.2) is 0 Å². The van der Waals surface area contributed by atoms with Gasteiger partial charge in [-0.1, -0.05) is 23.7 Å². The first-order valence-electron chi connectivity index (χ1n) is 7.21. The molecule has 0 unspecified atom stereocenters. The van der Waals surface area contributed by atoms with Gasteiger partial charge in [-0.25, -0.2) is 4.39 Å². The summed E-state index contributed by atoms with van der Waals surface area (Å²) in [6.07, 6.45) is 1.76. The van der Waals surface area contributed by atoms with Gasteiger partial charge < -0.3 is 10.2 Å². The average molecular weight is 331 g/mol. The Kier molecular flexibility index (Phi) is 3.86. The van der Waals surface area contributed by atoms with Crippen LogP contribution in [0.15, 0.2) is 36.4 Å². The number of fused-ring (bicyclic) bond motifs is 1. The SMILES string of the molecule is C/C=C1\C(=O)Nc2cc(Cl)c(-c3ccc(N(C)C)c(F)c3)cc21. The summed E-state index contributed by atoms with van der Waals surface area (Å²) in [5.74, 6) is -0.464. The summed E-state index contributed by atoms with van der Waals surface area (Å²) >= 11 is 6.33. The normalized spacial score (nSPS) is 14.8. The van der Waals surface area contributed by atoms with Crippen molar-refractivity contribution < 1.29 is 9.18 Å². The molecule has 0 spiro atoms. The van der Waals surface area contributed by atoms with Crippen LogP contribution in [0, 0.1) is 5.82 Å². The molecule has 0 saturated carbocycles. The van der Waals surface area contributed by atoms with Crippen molar-refractivity contribution in [3.63, 3.8) is 0 Å². The monoisotopic (exact) mass is 330 g/mol. The maximum Gasteiger partial charge on any atom is 0.256 e. The predicted octanol–water partition coefficient (Wildman–Crippen LogP) is 4.57. The molecule has 118 valence electrons. The fraction of sp³-hybridized carbons (Fsp3) is 0.167. The summed E-state index contributed by atoms with van der Waals surface area (Å²) in [6.45, 7) is 1.81. The van der Waals surface area contributed by atoms with E-state index in [1.165, 1.54) is 6.07 Å². The van der Waals surface area contributed by atoms with E-state index in [1.807, 2.05) is 19.1 Å². The Bertz CT molecular complexity index is 843. The molecule has 1 amide bonds. The summed E-state index contributed by atoms with van der Waals surface area (Å²) in [6, 6.07) is 8.54. The molecule has 0 radical (unpaired) electrons. The number of hydrogen-bond donors (Lipinski definition) is 1. The Hall–Kier alpha value is -2.33. The minimum absolute atomic E-state index is 0.148. The minimum atomic E-state index is -0.315. The molecule has 0 aliphatic carbocycles. The highest BCUT2D eigenvalue weighted by molar-refractivity contribution is 6.36. The second-order valence-electron chi connectivity index (χ2n) is 5.59. The number of benzene rings is 2. The molecule has 2 aromatic carbocycles. The quantitative estimate of drug-likeness (QED) is 0.818. The first-order chi connectivity index (χ1) is 10.9. The van der Waals surface area contributed by atoms with E-state index in [2.05, 4.69) is 5.32 Å². The maximum absolute atomic E-state index is 14.2. The zero-order valence-electron chi connectivity index (χ0n) is 13.1. The molecular weight excluding hydrogens is 315 g/mol. The van der Waals surface area contributed by atoms with E-state index in [-0.39, 0.29) is 11.7 Å². The number of hydrogen-bond acceptors (Lipinski definition) is 2. The average Bonchev–Trinajstić information content (AvgIpc) is 2.79. The Labute approximate surface area is 139 Å². The minimum Gasteiger partial charge on any atom is -0.375 e. The highest BCUT2D eigenvalue weighted by Gasteiger charge is 2.25. The van der Waals surface area contributed by atoms with Crippen LogP contribution in [0.1, 0.15) is 12.5 Å². The van der Waals surface area contributed by atoms with Gasteiger partial charge in [0, 0.05) is 30.8 Å². The van der Waals surface area contributed by atoms with Crippen molar-refractivity contribution in [2.45, 2.75) is 6.92 Å². The molecule has 23 heavy (non-hydrogen) atoms. The summed E-state index contributed by atoms with van der Waals surface area (Å²) in [5, 5.41) is 3.25. The van der Waals surface area contributed by atoms with Crippen LogP contribution in [0.2, 0.25) is 5.02 Å². The van der Waals surface area contributed by atoms with Crippen LogP contribution < -0.4 is 10.2 Å². The van der Waals surface area contributed by atoms with Crippen molar-refractivity contribution in [1.29, 1.82) is 0 Å². The molecule has 3 rings (SSSR count). The largest absolute Gasteiger partial charge is 0.375 e. The lowest BCUT2D eigenvalue weighted by molar-refractivity contribution is -0.110. The number of carbonyl (C=O) groups is 1. The number of rotatable bonds is 2. The number of nitrogens with zero attached hydrogens (tertiary/aromatic N) is 1. The van der Waals surface area contributed by atoms with Crippen LogP contribution in [0.5, 0.6) is 0 Å². The van der Waals surface area contributed by atoms with Crippen LogP contribution in [0.25, 0.3) is 16.7 Å². The first-order valence-corrected chi connectivity index (χ1v) is 7.59. The summed E-state index contributed by atoms with van der Waals surface area (Å²) in [7, 11) is 3.58. The number of allylic oxidation sites excluding steroid dienone is 1. The van der Waals surface area contributed by atoms with Crippen LogP contribution in [0.4, 0.5) is 15.8 Å². The standard InChI is InChI=1S/C18H16ClFN2O/c1-4-11-13-8-12(14(19)9-16(13)21-18(11)23)10-5-6-17(22(2)3)15(20)7-10/h4-9H,1-3H3,(H,21,23)/b11-4-. The number of anilines is 2. The lowest BCUT2D eigenvalue weighted by Gasteiger charge is -2.15. The third-order valence-electron chi connectivity index (χ3n) is 3.92. The molecule has 0 fully saturated rings. The Morgan fingerprint density at radius 3 is 2.52 bits per heavy atom. The van der Waals surface area contributed by atoms with Gasteiger partial charge >= 0.3 is 0 Å². The zero-order valence-corrected chi connectivity index (χ0v) is 13.8. The zero-order chi connectivity index (χ0) is 16.7. The summed E-state index contributed by atoms with van der Waals surface area (Å²) < 4.78 is 14.2. The number of nitrogens with one attached hydrogen (secondary N) is 1. The molecule has 1 aliphatic heterocycles. The number of amides is 1. The van der Waals surface area contributed by atoms with Gasteiger partial charge in [0.2, 0.25) is 0 Å². The summed E-state index contributed by atoms with van der Waals surface area (Å²) in [4.78, 5) is 13.6. The second-order valence-corrected chi connectivity index (χ2v) is 6.00. The van der Waals surface area contributed by atoms with E-state index in [9.17, 15) is 9.18 Å². The lowest BCUT2D eigenvalue weighted by atomic mass is 9.99. The Balaban J connectivity index is 2.14. The van der Waals surface area contributed by atoms with Crippen LogP contribution >= 0.6 is 11.6 Å². The first kappa shape index (κ1) is 15.6. The second kappa shape index (κ2) is 5.70. The van der Waals surface area contributed by atoms with Crippen molar-refractivity contribution in [2.24, 2.45) is 0 Å². The highest BCUT2D eigenvalue weighted by Crippen LogP contribution is 2.40. The molecule has 1 N–H and O–H groups in total. The smallest absolute Gasteiger partial charge is 0.256 e. The van der Waals surface area contributed by atoms with E-state index < -0.39 is 0 Å². The van der Waals surface area contributed by atoms with E-state index in [0.717, 1.165) is 5.56 Å². The lowest BCUT2D eigenvalue weighted by Crippen LogP contribution is -2.10. The van der Waals surface area contributed by atoms with Crippen molar-refractivity contribution in [2.75, 3.05) is 24.3 Å².